The number of ether oxygens (including phenoxy) is 2. The number of fused-ring (bicyclic) bond motifs is 1. The minimum atomic E-state index is -0.428. The lowest BCUT2D eigenvalue weighted by Gasteiger charge is -2.20. The summed E-state index contributed by atoms with van der Waals surface area (Å²) in [7, 11) is 0. The van der Waals surface area contributed by atoms with Crippen LogP contribution in [0.2, 0.25) is 0 Å². The Morgan fingerprint density at radius 2 is 1.72 bits per heavy atom. The lowest BCUT2D eigenvalue weighted by molar-refractivity contribution is -0.114. The third kappa shape index (κ3) is 4.75. The summed E-state index contributed by atoms with van der Waals surface area (Å²) in [6, 6.07) is 13.5. The highest BCUT2D eigenvalue weighted by atomic mass is 32.2. The van der Waals surface area contributed by atoms with Crippen molar-refractivity contribution in [3.63, 3.8) is 0 Å². The fourth-order valence-electron chi connectivity index (χ4n) is 3.36. The summed E-state index contributed by atoms with van der Waals surface area (Å²) in [5, 5.41) is 15.1. The molecule has 2 aliphatic rings. The number of amidine groups is 2. The van der Waals surface area contributed by atoms with Crippen LogP contribution in [-0.4, -0.2) is 40.2 Å². The Balaban J connectivity index is 1.31. The Morgan fingerprint density at radius 1 is 1.03 bits per heavy atom. The molecule has 0 saturated heterocycles. The van der Waals surface area contributed by atoms with Crippen molar-refractivity contribution in [1.29, 1.82) is 5.41 Å². The normalized spacial score (nSPS) is 16.7. The van der Waals surface area contributed by atoms with Gasteiger partial charge in [-0.2, -0.15) is 15.1 Å². The molecule has 0 radical (unpaired) electrons. The number of rotatable bonds is 7. The van der Waals surface area contributed by atoms with Gasteiger partial charge in [-0.1, -0.05) is 30.3 Å². The van der Waals surface area contributed by atoms with Gasteiger partial charge in [0.15, 0.2) is 5.84 Å². The van der Waals surface area contributed by atoms with E-state index in [2.05, 4.69) is 10.1 Å². The molecule has 2 aromatic rings. The first-order valence-electron chi connectivity index (χ1n) is 10.3. The first-order chi connectivity index (χ1) is 15.4. The van der Waals surface area contributed by atoms with Gasteiger partial charge < -0.3 is 9.47 Å². The maximum absolute atomic E-state index is 12.3. The number of para-hydroxylation sites is 1. The summed E-state index contributed by atoms with van der Waals surface area (Å²) < 4.78 is 11.7. The van der Waals surface area contributed by atoms with E-state index in [-0.39, 0.29) is 11.4 Å². The van der Waals surface area contributed by atoms with Crippen LogP contribution in [0.4, 0.5) is 0 Å². The SMILES string of the molecule is CC1=NN2C(=N)C(=Cc3ccc(OCCCOc4c(C)cccc4C)cc3)C(=O)N=C2S1. The monoisotopic (exact) mass is 448 g/mol. The number of carbonyl (C=O) groups excluding carboxylic acids is 1. The number of hydrogen-bond acceptors (Lipinski definition) is 6. The van der Waals surface area contributed by atoms with Crippen LogP contribution in [0.15, 0.2) is 58.1 Å². The van der Waals surface area contributed by atoms with E-state index in [1.54, 1.807) is 6.08 Å². The van der Waals surface area contributed by atoms with Gasteiger partial charge in [0, 0.05) is 6.42 Å². The van der Waals surface area contributed by atoms with Crippen LogP contribution in [0.3, 0.4) is 0 Å². The Morgan fingerprint density at radius 3 is 2.44 bits per heavy atom. The van der Waals surface area contributed by atoms with Crippen molar-refractivity contribution >= 4 is 39.8 Å². The topological polar surface area (TPSA) is 87.3 Å². The molecule has 1 amide bonds. The van der Waals surface area contributed by atoms with Crippen LogP contribution in [0.5, 0.6) is 11.5 Å². The maximum atomic E-state index is 12.3. The molecule has 0 atom stereocenters. The zero-order valence-electron chi connectivity index (χ0n) is 18.2. The van der Waals surface area contributed by atoms with Crippen LogP contribution in [0, 0.1) is 19.3 Å². The number of nitrogens with zero attached hydrogens (tertiary/aromatic N) is 3. The van der Waals surface area contributed by atoms with E-state index in [1.165, 1.54) is 16.8 Å². The van der Waals surface area contributed by atoms with E-state index in [1.807, 2.05) is 63.2 Å². The minimum absolute atomic E-state index is 0.0357. The van der Waals surface area contributed by atoms with Crippen molar-refractivity contribution in [3.8, 4) is 11.5 Å². The van der Waals surface area contributed by atoms with Crippen molar-refractivity contribution < 1.29 is 14.3 Å². The third-order valence-electron chi connectivity index (χ3n) is 4.96. The Labute approximate surface area is 191 Å². The van der Waals surface area contributed by atoms with E-state index in [0.717, 1.165) is 39.7 Å². The van der Waals surface area contributed by atoms with Crippen LogP contribution < -0.4 is 9.47 Å². The van der Waals surface area contributed by atoms with Gasteiger partial charge >= 0.3 is 0 Å². The average molecular weight is 449 g/mol. The van der Waals surface area contributed by atoms with E-state index < -0.39 is 5.91 Å². The summed E-state index contributed by atoms with van der Waals surface area (Å²) in [6.07, 6.45) is 2.42. The van der Waals surface area contributed by atoms with Crippen molar-refractivity contribution in [2.75, 3.05) is 13.2 Å². The van der Waals surface area contributed by atoms with Crippen LogP contribution in [0.1, 0.15) is 30.0 Å². The number of hydrazone groups is 1. The van der Waals surface area contributed by atoms with E-state index in [4.69, 9.17) is 14.9 Å². The quantitative estimate of drug-likeness (QED) is 0.486. The number of thioether (sulfide) groups is 1. The van der Waals surface area contributed by atoms with Gasteiger partial charge in [0.2, 0.25) is 5.17 Å². The molecule has 1 N–H and O–H groups in total. The number of aryl methyl sites for hydroxylation is 2. The van der Waals surface area contributed by atoms with Crippen LogP contribution >= 0.6 is 11.8 Å². The first-order valence-corrected chi connectivity index (χ1v) is 11.1. The number of carbonyl (C=O) groups is 1. The molecule has 0 aliphatic carbocycles. The average Bonchev–Trinajstić information content (AvgIpc) is 3.14. The molecule has 7 nitrogen and oxygen atoms in total. The van der Waals surface area contributed by atoms with Gasteiger partial charge in [-0.15, -0.1) is 0 Å². The summed E-state index contributed by atoms with van der Waals surface area (Å²) in [5.41, 5.74) is 3.26. The lowest BCUT2D eigenvalue weighted by atomic mass is 10.1. The molecule has 164 valence electrons. The number of amides is 1. The van der Waals surface area contributed by atoms with Gasteiger partial charge in [-0.05, 0) is 67.4 Å². The van der Waals surface area contributed by atoms with Gasteiger partial charge in [-0.25, -0.2) is 0 Å². The lowest BCUT2D eigenvalue weighted by Crippen LogP contribution is -2.35. The van der Waals surface area contributed by atoms with Gasteiger partial charge in [0.1, 0.15) is 11.5 Å². The predicted molar refractivity (Wildman–Crippen MR) is 129 cm³/mol. The number of nitrogens with one attached hydrogen (secondary N) is 1. The summed E-state index contributed by atoms with van der Waals surface area (Å²) in [6.45, 7) is 7.03. The Bertz CT molecular complexity index is 1130. The number of aliphatic imine (C=N–C) groups is 1. The molecule has 0 aromatic heterocycles. The van der Waals surface area contributed by atoms with Crippen LogP contribution in [0.25, 0.3) is 6.08 Å². The van der Waals surface area contributed by atoms with Crippen molar-refractivity contribution in [1.82, 2.24) is 5.01 Å². The predicted octanol–water partition coefficient (Wildman–Crippen LogP) is 4.79. The second-order valence-corrected chi connectivity index (χ2v) is 8.64. The zero-order chi connectivity index (χ0) is 22.7. The molecule has 8 heteroatoms. The van der Waals surface area contributed by atoms with Crippen molar-refractivity contribution in [2.45, 2.75) is 27.2 Å². The van der Waals surface area contributed by atoms with Gasteiger partial charge in [-0.3, -0.25) is 10.2 Å². The molecule has 32 heavy (non-hydrogen) atoms. The van der Waals surface area contributed by atoms with E-state index in [0.29, 0.717) is 18.4 Å². The van der Waals surface area contributed by atoms with Crippen molar-refractivity contribution in [2.24, 2.45) is 10.1 Å². The minimum Gasteiger partial charge on any atom is -0.493 e. The molecule has 2 aromatic carbocycles. The van der Waals surface area contributed by atoms with Gasteiger partial charge in [0.05, 0.1) is 23.8 Å². The molecule has 2 heterocycles. The highest BCUT2D eigenvalue weighted by Crippen LogP contribution is 2.28. The fraction of sp³-hybridized carbons (Fsp3) is 0.250. The molecular formula is C24H24N4O3S. The highest BCUT2D eigenvalue weighted by molar-refractivity contribution is 8.26. The summed E-state index contributed by atoms with van der Waals surface area (Å²) >= 11 is 1.29. The van der Waals surface area contributed by atoms with E-state index >= 15 is 0 Å². The molecular weight excluding hydrogens is 424 g/mol. The maximum Gasteiger partial charge on any atom is 0.283 e. The summed E-state index contributed by atoms with van der Waals surface area (Å²) in [5.74, 6) is 1.29. The first kappa shape index (κ1) is 21.8. The molecule has 0 saturated carbocycles. The third-order valence-corrected chi connectivity index (χ3v) is 5.78. The molecule has 0 bridgehead atoms. The molecule has 2 aliphatic heterocycles. The number of hydrogen-bond donors (Lipinski definition) is 1. The summed E-state index contributed by atoms with van der Waals surface area (Å²) in [4.78, 5) is 16.4. The van der Waals surface area contributed by atoms with Crippen LogP contribution in [-0.2, 0) is 4.79 Å². The molecule has 4 rings (SSSR count). The second-order valence-electron chi connectivity index (χ2n) is 7.48. The smallest absolute Gasteiger partial charge is 0.283 e. The highest BCUT2D eigenvalue weighted by Gasteiger charge is 2.34. The molecule has 0 fully saturated rings. The second kappa shape index (κ2) is 9.40. The fourth-order valence-corrected chi connectivity index (χ4v) is 4.10. The van der Waals surface area contributed by atoms with Gasteiger partial charge in [0.25, 0.3) is 5.91 Å². The van der Waals surface area contributed by atoms with Crippen molar-refractivity contribution in [3.05, 3.63) is 64.7 Å². The Hall–Kier alpha value is -3.39. The molecule has 0 spiro atoms. The molecule has 0 unspecified atom stereocenters. The zero-order valence-corrected chi connectivity index (χ0v) is 19.0. The number of benzene rings is 2. The largest absolute Gasteiger partial charge is 0.493 e. The van der Waals surface area contributed by atoms with E-state index in [9.17, 15) is 4.79 Å². The standard InChI is InChI=1S/C24H24N4O3S/c1-15-6-4-7-16(2)21(15)31-13-5-12-30-19-10-8-18(9-11-19)14-20-22(25)28-24(26-23(20)29)32-17(3)27-28/h4,6-11,14,25H,5,12-13H2,1-3H3. The Kier molecular flexibility index (Phi) is 6.41.